The fourth-order valence-electron chi connectivity index (χ4n) is 3.34. The zero-order valence-electron chi connectivity index (χ0n) is 12.6. The summed E-state index contributed by atoms with van der Waals surface area (Å²) >= 11 is 3.86. The molecule has 2 rings (SSSR count). The van der Waals surface area contributed by atoms with Crippen molar-refractivity contribution in [3.63, 3.8) is 0 Å². The van der Waals surface area contributed by atoms with Crippen molar-refractivity contribution < 1.29 is 4.74 Å². The van der Waals surface area contributed by atoms with Gasteiger partial charge in [-0.25, -0.2) is 0 Å². The van der Waals surface area contributed by atoms with Gasteiger partial charge in [-0.15, -0.1) is 0 Å². The Labute approximate surface area is 126 Å². The van der Waals surface area contributed by atoms with E-state index in [2.05, 4.69) is 46.6 Å². The number of rotatable bonds is 4. The topological polar surface area (TPSA) is 15.7 Å². The van der Waals surface area contributed by atoms with Crippen LogP contribution < -0.4 is 0 Å². The molecule has 3 unspecified atom stereocenters. The highest BCUT2D eigenvalue weighted by molar-refractivity contribution is 9.09. The zero-order chi connectivity index (χ0) is 13.8. The average molecular weight is 333 g/mol. The number of ether oxygens (including phenoxy) is 1. The molecule has 0 bridgehead atoms. The molecule has 4 heteroatoms. The molecule has 0 aromatic rings. The van der Waals surface area contributed by atoms with Crippen LogP contribution in [0.25, 0.3) is 0 Å². The van der Waals surface area contributed by atoms with Gasteiger partial charge in [-0.2, -0.15) is 0 Å². The summed E-state index contributed by atoms with van der Waals surface area (Å²) in [6, 6.07) is 1.32. The predicted molar refractivity (Wildman–Crippen MR) is 84.1 cm³/mol. The Balaban J connectivity index is 1.82. The first kappa shape index (κ1) is 15.7. The third-order valence-corrected chi connectivity index (χ3v) is 5.67. The van der Waals surface area contributed by atoms with Crippen molar-refractivity contribution in [3.05, 3.63) is 0 Å². The van der Waals surface area contributed by atoms with E-state index in [-0.39, 0.29) is 0 Å². The van der Waals surface area contributed by atoms with E-state index in [4.69, 9.17) is 4.74 Å². The van der Waals surface area contributed by atoms with Crippen LogP contribution in [-0.4, -0.2) is 66.1 Å². The molecule has 0 spiro atoms. The molecule has 0 N–H and O–H groups in total. The van der Waals surface area contributed by atoms with Crippen molar-refractivity contribution in [2.75, 3.05) is 33.3 Å². The van der Waals surface area contributed by atoms with Crippen LogP contribution >= 0.6 is 15.9 Å². The average Bonchev–Trinajstić information content (AvgIpc) is 2.39. The summed E-state index contributed by atoms with van der Waals surface area (Å²) < 4.78 is 5.96. The van der Waals surface area contributed by atoms with E-state index >= 15 is 0 Å². The van der Waals surface area contributed by atoms with Gasteiger partial charge in [0.05, 0.1) is 12.7 Å². The van der Waals surface area contributed by atoms with Crippen molar-refractivity contribution in [1.29, 1.82) is 0 Å². The van der Waals surface area contributed by atoms with E-state index in [1.807, 2.05) is 0 Å². The van der Waals surface area contributed by atoms with Crippen LogP contribution in [0.5, 0.6) is 0 Å². The quantitative estimate of drug-likeness (QED) is 0.736. The maximum absolute atomic E-state index is 5.96. The van der Waals surface area contributed by atoms with E-state index in [1.54, 1.807) is 0 Å². The monoisotopic (exact) mass is 332 g/mol. The molecule has 112 valence electrons. The van der Waals surface area contributed by atoms with E-state index in [0.29, 0.717) is 23.0 Å². The standard InChI is InChI=1S/C15H29BrN2O/c1-12(2)18-8-9-19-13(11-18)10-17(3)15-7-5-4-6-14(15)16/h12-15H,4-11H2,1-3H3. The second-order valence-electron chi connectivity index (χ2n) is 6.39. The first-order valence-corrected chi connectivity index (χ1v) is 8.69. The summed E-state index contributed by atoms with van der Waals surface area (Å²) in [5, 5.41) is 0. The minimum atomic E-state index is 0.378. The maximum Gasteiger partial charge on any atom is 0.0829 e. The summed E-state index contributed by atoms with van der Waals surface area (Å²) in [7, 11) is 2.27. The van der Waals surface area contributed by atoms with Gasteiger partial charge < -0.3 is 4.74 Å². The highest BCUT2D eigenvalue weighted by atomic mass is 79.9. The van der Waals surface area contributed by atoms with Gasteiger partial charge in [-0.05, 0) is 33.7 Å². The lowest BCUT2D eigenvalue weighted by atomic mass is 9.94. The Kier molecular flexibility index (Phi) is 6.12. The molecular formula is C15H29BrN2O. The number of halogens is 1. The first-order valence-electron chi connectivity index (χ1n) is 7.78. The molecule has 1 saturated carbocycles. The Morgan fingerprint density at radius 1 is 1.32 bits per heavy atom. The number of nitrogens with zero attached hydrogens (tertiary/aromatic N) is 2. The largest absolute Gasteiger partial charge is 0.374 e. The van der Waals surface area contributed by atoms with Crippen LogP contribution in [-0.2, 0) is 4.74 Å². The summed E-state index contributed by atoms with van der Waals surface area (Å²) in [5.74, 6) is 0. The number of hydrogen-bond acceptors (Lipinski definition) is 3. The maximum atomic E-state index is 5.96. The van der Waals surface area contributed by atoms with E-state index in [1.165, 1.54) is 25.7 Å². The van der Waals surface area contributed by atoms with Crippen LogP contribution in [0.15, 0.2) is 0 Å². The van der Waals surface area contributed by atoms with Gasteiger partial charge in [0.1, 0.15) is 0 Å². The van der Waals surface area contributed by atoms with Crippen molar-refractivity contribution in [2.45, 2.75) is 62.5 Å². The molecule has 0 radical (unpaired) electrons. The number of hydrogen-bond donors (Lipinski definition) is 0. The van der Waals surface area contributed by atoms with Crippen LogP contribution in [0.3, 0.4) is 0 Å². The number of likely N-dealkylation sites (N-methyl/N-ethyl adjacent to an activating group) is 1. The lowest BCUT2D eigenvalue weighted by Crippen LogP contribution is -2.52. The third-order valence-electron chi connectivity index (χ3n) is 4.61. The molecule has 0 aromatic carbocycles. The molecule has 0 amide bonds. The fraction of sp³-hybridized carbons (Fsp3) is 1.00. The predicted octanol–water partition coefficient (Wildman–Crippen LogP) is 2.73. The summed E-state index contributed by atoms with van der Waals surface area (Å²) in [5.41, 5.74) is 0. The van der Waals surface area contributed by atoms with E-state index in [0.717, 1.165) is 26.2 Å². The Morgan fingerprint density at radius 3 is 2.74 bits per heavy atom. The van der Waals surface area contributed by atoms with Gasteiger partial charge in [0.25, 0.3) is 0 Å². The van der Waals surface area contributed by atoms with Gasteiger partial charge in [0, 0.05) is 36.5 Å². The van der Waals surface area contributed by atoms with Crippen molar-refractivity contribution >= 4 is 15.9 Å². The van der Waals surface area contributed by atoms with Crippen molar-refractivity contribution in [3.8, 4) is 0 Å². The normalized spacial score (nSPS) is 34.1. The van der Waals surface area contributed by atoms with Gasteiger partial charge >= 0.3 is 0 Å². The number of alkyl halides is 1. The van der Waals surface area contributed by atoms with Gasteiger partial charge in [0.2, 0.25) is 0 Å². The number of morpholine rings is 1. The van der Waals surface area contributed by atoms with Crippen LogP contribution in [0, 0.1) is 0 Å². The zero-order valence-corrected chi connectivity index (χ0v) is 14.2. The molecule has 0 aromatic heterocycles. The lowest BCUT2D eigenvalue weighted by molar-refractivity contribution is -0.0545. The minimum Gasteiger partial charge on any atom is -0.374 e. The SMILES string of the molecule is CC(C)N1CCOC(CN(C)C2CCCCC2Br)C1. The Bertz CT molecular complexity index is 275. The second kappa shape index (κ2) is 7.39. The minimum absolute atomic E-state index is 0.378. The van der Waals surface area contributed by atoms with Crippen LogP contribution in [0.1, 0.15) is 39.5 Å². The van der Waals surface area contributed by atoms with E-state index in [9.17, 15) is 0 Å². The molecular weight excluding hydrogens is 304 g/mol. The molecule has 1 heterocycles. The molecule has 3 atom stereocenters. The highest BCUT2D eigenvalue weighted by Crippen LogP contribution is 2.28. The van der Waals surface area contributed by atoms with Crippen LogP contribution in [0.4, 0.5) is 0 Å². The molecule has 1 saturated heterocycles. The van der Waals surface area contributed by atoms with E-state index < -0.39 is 0 Å². The molecule has 1 aliphatic heterocycles. The van der Waals surface area contributed by atoms with Crippen molar-refractivity contribution in [1.82, 2.24) is 9.80 Å². The first-order chi connectivity index (χ1) is 9.08. The van der Waals surface area contributed by atoms with Gasteiger partial charge in [-0.1, -0.05) is 28.8 Å². The molecule has 19 heavy (non-hydrogen) atoms. The second-order valence-corrected chi connectivity index (χ2v) is 7.57. The van der Waals surface area contributed by atoms with Crippen LogP contribution in [0.2, 0.25) is 0 Å². The summed E-state index contributed by atoms with van der Waals surface area (Å²) in [6.45, 7) is 8.68. The van der Waals surface area contributed by atoms with Gasteiger partial charge in [0.15, 0.2) is 0 Å². The smallest absolute Gasteiger partial charge is 0.0829 e. The highest BCUT2D eigenvalue weighted by Gasteiger charge is 2.29. The Hall–Kier alpha value is 0.360. The fourth-order valence-corrected chi connectivity index (χ4v) is 4.33. The molecule has 1 aliphatic carbocycles. The van der Waals surface area contributed by atoms with Crippen molar-refractivity contribution in [2.24, 2.45) is 0 Å². The third kappa shape index (κ3) is 4.42. The lowest BCUT2D eigenvalue weighted by Gasteiger charge is -2.40. The molecule has 3 nitrogen and oxygen atoms in total. The van der Waals surface area contributed by atoms with Gasteiger partial charge in [-0.3, -0.25) is 9.80 Å². The summed E-state index contributed by atoms with van der Waals surface area (Å²) in [6.07, 6.45) is 5.77. The molecule has 2 fully saturated rings. The Morgan fingerprint density at radius 2 is 2.05 bits per heavy atom. The summed E-state index contributed by atoms with van der Waals surface area (Å²) in [4.78, 5) is 5.72. The molecule has 2 aliphatic rings.